The van der Waals surface area contributed by atoms with Crippen LogP contribution in [0.1, 0.15) is 66.2 Å². The Balaban J connectivity index is 1.54. The molecule has 8 unspecified atom stereocenters. The average molecular weight is 334 g/mol. The Bertz CT molecular complexity index is 617. The van der Waals surface area contributed by atoms with Gasteiger partial charge in [0.2, 0.25) is 0 Å². The van der Waals surface area contributed by atoms with E-state index in [0.717, 1.165) is 38.5 Å². The molecule has 1 N–H and O–H groups in total. The van der Waals surface area contributed by atoms with Gasteiger partial charge in [0.1, 0.15) is 17.3 Å². The fraction of sp³-hybridized carbons (Fsp3) is 0.950. The molecule has 134 valence electrons. The van der Waals surface area contributed by atoms with E-state index in [1.54, 1.807) is 0 Å². The molecule has 2 saturated heterocycles. The first-order valence-electron chi connectivity index (χ1n) is 9.81. The Labute approximate surface area is 144 Å². The molecule has 2 aliphatic heterocycles. The van der Waals surface area contributed by atoms with Crippen molar-refractivity contribution in [3.8, 4) is 0 Å². The first-order chi connectivity index (χ1) is 11.2. The van der Waals surface area contributed by atoms with Gasteiger partial charge in [0.15, 0.2) is 0 Å². The van der Waals surface area contributed by atoms with Crippen molar-refractivity contribution in [2.24, 2.45) is 28.6 Å². The van der Waals surface area contributed by atoms with Crippen molar-refractivity contribution in [2.45, 2.75) is 89.6 Å². The third-order valence-electron chi connectivity index (χ3n) is 8.98. The summed E-state index contributed by atoms with van der Waals surface area (Å²) in [7, 11) is 0. The van der Waals surface area contributed by atoms with Gasteiger partial charge in [-0.3, -0.25) is 4.79 Å². The molecule has 3 aliphatic carbocycles. The Hall–Kier alpha value is -0.610. The summed E-state index contributed by atoms with van der Waals surface area (Å²) in [4.78, 5) is 12.1. The molecule has 0 aromatic carbocycles. The number of aliphatic carboxylic acids is 1. The Morgan fingerprint density at radius 3 is 2.54 bits per heavy atom. The number of carboxylic acid groups (broad SMARTS) is 1. The summed E-state index contributed by atoms with van der Waals surface area (Å²) in [5.41, 5.74) is -0.570. The second kappa shape index (κ2) is 4.20. The molecule has 4 heteroatoms. The van der Waals surface area contributed by atoms with Crippen LogP contribution in [0.15, 0.2) is 0 Å². The molecule has 24 heavy (non-hydrogen) atoms. The summed E-state index contributed by atoms with van der Waals surface area (Å²) in [5.74, 6) is 0.615. The van der Waals surface area contributed by atoms with Crippen LogP contribution in [0.25, 0.3) is 0 Å². The van der Waals surface area contributed by atoms with E-state index in [-0.39, 0.29) is 34.7 Å². The van der Waals surface area contributed by atoms with Crippen LogP contribution in [-0.4, -0.2) is 34.5 Å². The standard InChI is InChI=1S/C20H30O4/c1-11(2)19-9-6-12-17(3)7-5-8-18(4,16(21)22)13(17)10-14-20(12,23-14)15(19)24-19/h11-15H,5-10H2,1-4H3,(H,21,22). The molecule has 2 heterocycles. The highest BCUT2D eigenvalue weighted by atomic mass is 16.7. The smallest absolute Gasteiger partial charge is 0.309 e. The predicted octanol–water partition coefficient (Wildman–Crippen LogP) is 3.63. The SMILES string of the molecule is CC(C)C12CCC3C4(C)CCCC(C)(C(=O)O)C4CC4OC43C1O2. The van der Waals surface area contributed by atoms with Crippen molar-refractivity contribution < 1.29 is 19.4 Å². The third kappa shape index (κ3) is 1.48. The molecule has 1 spiro atoms. The first kappa shape index (κ1) is 15.6. The number of hydrogen-bond donors (Lipinski definition) is 1. The number of carboxylic acids is 1. The molecule has 0 amide bonds. The van der Waals surface area contributed by atoms with Gasteiger partial charge < -0.3 is 14.6 Å². The van der Waals surface area contributed by atoms with E-state index < -0.39 is 11.4 Å². The lowest BCUT2D eigenvalue weighted by Gasteiger charge is -2.58. The number of rotatable bonds is 2. The second-order valence-electron chi connectivity index (χ2n) is 10.0. The van der Waals surface area contributed by atoms with E-state index in [0.29, 0.717) is 11.8 Å². The summed E-state index contributed by atoms with van der Waals surface area (Å²) >= 11 is 0. The predicted molar refractivity (Wildman–Crippen MR) is 88.6 cm³/mol. The number of fused-ring (bicyclic) bond motifs is 3. The van der Waals surface area contributed by atoms with Crippen molar-refractivity contribution in [1.82, 2.24) is 0 Å². The highest BCUT2D eigenvalue weighted by Gasteiger charge is 2.85. The lowest BCUT2D eigenvalue weighted by Crippen LogP contribution is -2.61. The Morgan fingerprint density at radius 2 is 1.88 bits per heavy atom. The molecule has 0 bridgehead atoms. The quantitative estimate of drug-likeness (QED) is 0.783. The zero-order valence-corrected chi connectivity index (χ0v) is 15.3. The fourth-order valence-electron chi connectivity index (χ4n) is 7.51. The highest BCUT2D eigenvalue weighted by Crippen LogP contribution is 2.76. The van der Waals surface area contributed by atoms with E-state index in [1.807, 2.05) is 6.92 Å². The van der Waals surface area contributed by atoms with E-state index in [2.05, 4.69) is 20.8 Å². The van der Waals surface area contributed by atoms with Gasteiger partial charge in [-0.25, -0.2) is 0 Å². The van der Waals surface area contributed by atoms with E-state index in [4.69, 9.17) is 9.47 Å². The number of epoxide rings is 2. The minimum atomic E-state index is -0.610. The zero-order valence-electron chi connectivity index (χ0n) is 15.3. The maximum absolute atomic E-state index is 12.1. The van der Waals surface area contributed by atoms with Crippen LogP contribution in [-0.2, 0) is 14.3 Å². The van der Waals surface area contributed by atoms with Crippen molar-refractivity contribution in [3.05, 3.63) is 0 Å². The summed E-state index contributed by atoms with van der Waals surface area (Å²) in [6, 6.07) is 0. The Morgan fingerprint density at radius 1 is 1.12 bits per heavy atom. The van der Waals surface area contributed by atoms with Crippen molar-refractivity contribution in [3.63, 3.8) is 0 Å². The molecule has 5 aliphatic rings. The summed E-state index contributed by atoms with van der Waals surface area (Å²) in [6.07, 6.45) is 6.61. The van der Waals surface area contributed by atoms with E-state index in [1.165, 1.54) is 0 Å². The van der Waals surface area contributed by atoms with Crippen molar-refractivity contribution in [2.75, 3.05) is 0 Å². The second-order valence-corrected chi connectivity index (χ2v) is 10.0. The van der Waals surface area contributed by atoms with Gasteiger partial charge in [-0.15, -0.1) is 0 Å². The lowest BCUT2D eigenvalue weighted by atomic mass is 9.43. The van der Waals surface area contributed by atoms with Gasteiger partial charge in [0, 0.05) is 0 Å². The third-order valence-corrected chi connectivity index (χ3v) is 8.98. The number of hydrogen-bond acceptors (Lipinski definition) is 3. The van der Waals surface area contributed by atoms with Crippen LogP contribution in [0.3, 0.4) is 0 Å². The minimum absolute atomic E-state index is 0.0409. The molecule has 0 aromatic rings. The van der Waals surface area contributed by atoms with Crippen molar-refractivity contribution in [1.29, 1.82) is 0 Å². The molecule has 0 aromatic heterocycles. The summed E-state index contributed by atoms with van der Waals surface area (Å²) in [5, 5.41) is 9.95. The molecule has 4 nitrogen and oxygen atoms in total. The van der Waals surface area contributed by atoms with Gasteiger partial charge in [-0.2, -0.15) is 0 Å². The van der Waals surface area contributed by atoms with Crippen LogP contribution in [0.2, 0.25) is 0 Å². The van der Waals surface area contributed by atoms with Gasteiger partial charge in [0.25, 0.3) is 0 Å². The van der Waals surface area contributed by atoms with E-state index in [9.17, 15) is 9.90 Å². The van der Waals surface area contributed by atoms with Crippen molar-refractivity contribution >= 4 is 5.97 Å². The van der Waals surface area contributed by atoms with Crippen LogP contribution in [0.4, 0.5) is 0 Å². The molecular formula is C20H30O4. The summed E-state index contributed by atoms with van der Waals surface area (Å²) < 4.78 is 12.7. The molecule has 5 rings (SSSR count). The van der Waals surface area contributed by atoms with Gasteiger partial charge in [0.05, 0.1) is 11.5 Å². The van der Waals surface area contributed by atoms with Crippen LogP contribution in [0, 0.1) is 28.6 Å². The van der Waals surface area contributed by atoms with E-state index >= 15 is 0 Å². The van der Waals surface area contributed by atoms with Crippen LogP contribution in [0.5, 0.6) is 0 Å². The largest absolute Gasteiger partial charge is 0.481 e. The van der Waals surface area contributed by atoms with Crippen LogP contribution < -0.4 is 0 Å². The average Bonchev–Trinajstić information content (AvgIpc) is 3.38. The minimum Gasteiger partial charge on any atom is -0.481 e. The molecule has 0 radical (unpaired) electrons. The molecule has 3 saturated carbocycles. The number of carbonyl (C=O) groups is 1. The normalized spacial score (nSPS) is 60.5. The fourth-order valence-corrected chi connectivity index (χ4v) is 7.51. The zero-order chi connectivity index (χ0) is 17.1. The highest BCUT2D eigenvalue weighted by molar-refractivity contribution is 5.75. The Kier molecular flexibility index (Phi) is 2.73. The maximum atomic E-state index is 12.1. The maximum Gasteiger partial charge on any atom is 0.309 e. The first-order valence-corrected chi connectivity index (χ1v) is 9.81. The van der Waals surface area contributed by atoms with Gasteiger partial charge in [-0.05, 0) is 62.2 Å². The molecule has 8 atom stereocenters. The summed E-state index contributed by atoms with van der Waals surface area (Å²) in [6.45, 7) is 8.89. The van der Waals surface area contributed by atoms with Gasteiger partial charge in [-0.1, -0.05) is 27.2 Å². The van der Waals surface area contributed by atoms with Crippen LogP contribution >= 0.6 is 0 Å². The lowest BCUT2D eigenvalue weighted by molar-refractivity contribution is -0.168. The molecular weight excluding hydrogens is 304 g/mol. The number of ether oxygens (including phenoxy) is 2. The topological polar surface area (TPSA) is 62.4 Å². The monoisotopic (exact) mass is 334 g/mol. The van der Waals surface area contributed by atoms with Gasteiger partial charge >= 0.3 is 5.97 Å². The molecule has 5 fully saturated rings.